The van der Waals surface area contributed by atoms with Crippen molar-refractivity contribution in [3.05, 3.63) is 28.8 Å². The molecule has 0 radical (unpaired) electrons. The zero-order valence-corrected chi connectivity index (χ0v) is 11.7. The van der Waals surface area contributed by atoms with Crippen molar-refractivity contribution < 1.29 is 4.79 Å². The van der Waals surface area contributed by atoms with Gasteiger partial charge in [0, 0.05) is 29.4 Å². The summed E-state index contributed by atoms with van der Waals surface area (Å²) < 4.78 is 0. The fraction of sp³-hybridized carbons (Fsp3) is 0.500. The number of anilines is 1. The van der Waals surface area contributed by atoms with E-state index in [0.717, 1.165) is 19.6 Å². The van der Waals surface area contributed by atoms with E-state index < -0.39 is 0 Å². The third kappa shape index (κ3) is 4.40. The number of halogens is 1. The molecule has 1 aromatic rings. The van der Waals surface area contributed by atoms with Crippen molar-refractivity contribution in [2.45, 2.75) is 19.3 Å². The second kappa shape index (κ2) is 6.78. The largest absolute Gasteiger partial charge is 0.399 e. The number of amides is 1. The highest BCUT2D eigenvalue weighted by atomic mass is 35.5. The van der Waals surface area contributed by atoms with Crippen LogP contribution in [-0.2, 0) is 0 Å². The first-order valence-corrected chi connectivity index (χ1v) is 7.09. The second-order valence-electron chi connectivity index (χ2n) is 4.93. The van der Waals surface area contributed by atoms with Gasteiger partial charge in [-0.2, -0.15) is 0 Å². The standard InChI is InChI=1S/C14H20ClN3O/c15-12-8-11(9-13(16)10-12)14(19)17-4-7-18-5-2-1-3-6-18/h8-10H,1-7,16H2,(H,17,19). The van der Waals surface area contributed by atoms with Crippen LogP contribution in [0, 0.1) is 0 Å². The number of nitrogens with zero attached hydrogens (tertiary/aromatic N) is 1. The van der Waals surface area contributed by atoms with E-state index in [-0.39, 0.29) is 5.91 Å². The zero-order chi connectivity index (χ0) is 13.7. The third-order valence-corrected chi connectivity index (χ3v) is 3.56. The maximum atomic E-state index is 11.9. The maximum Gasteiger partial charge on any atom is 0.251 e. The van der Waals surface area contributed by atoms with Crippen molar-refractivity contribution in [2.75, 3.05) is 31.9 Å². The first kappa shape index (κ1) is 14.2. The summed E-state index contributed by atoms with van der Waals surface area (Å²) >= 11 is 5.88. The number of carbonyl (C=O) groups excluding carboxylic acids is 1. The summed E-state index contributed by atoms with van der Waals surface area (Å²) in [5.41, 5.74) is 6.70. The van der Waals surface area contributed by atoms with Crippen LogP contribution in [0.1, 0.15) is 29.6 Å². The van der Waals surface area contributed by atoms with Gasteiger partial charge in [0.05, 0.1) is 0 Å². The molecule has 1 heterocycles. The monoisotopic (exact) mass is 281 g/mol. The number of nitrogen functional groups attached to an aromatic ring is 1. The highest BCUT2D eigenvalue weighted by molar-refractivity contribution is 6.31. The summed E-state index contributed by atoms with van der Waals surface area (Å²) in [6, 6.07) is 4.91. The normalized spacial score (nSPS) is 16.3. The molecule has 1 saturated heterocycles. The van der Waals surface area contributed by atoms with E-state index in [2.05, 4.69) is 10.2 Å². The van der Waals surface area contributed by atoms with Gasteiger partial charge in [-0.15, -0.1) is 0 Å². The van der Waals surface area contributed by atoms with Crippen LogP contribution >= 0.6 is 11.6 Å². The molecule has 1 amide bonds. The Bertz CT molecular complexity index is 424. The molecule has 1 aliphatic rings. The molecule has 0 spiro atoms. The van der Waals surface area contributed by atoms with Gasteiger partial charge in [-0.1, -0.05) is 18.0 Å². The summed E-state index contributed by atoms with van der Waals surface area (Å²) in [6.45, 7) is 3.84. The molecule has 3 N–H and O–H groups in total. The van der Waals surface area contributed by atoms with E-state index >= 15 is 0 Å². The number of nitrogens with two attached hydrogens (primary N) is 1. The molecule has 0 bridgehead atoms. The Labute approximate surface area is 118 Å². The molecule has 2 rings (SSSR count). The molecule has 4 nitrogen and oxygen atoms in total. The van der Waals surface area contributed by atoms with Crippen LogP contribution in [0.4, 0.5) is 5.69 Å². The second-order valence-corrected chi connectivity index (χ2v) is 5.37. The third-order valence-electron chi connectivity index (χ3n) is 3.34. The van der Waals surface area contributed by atoms with E-state index in [1.165, 1.54) is 19.3 Å². The molecule has 0 aliphatic carbocycles. The van der Waals surface area contributed by atoms with Gasteiger partial charge in [0.15, 0.2) is 0 Å². The van der Waals surface area contributed by atoms with E-state index in [9.17, 15) is 4.79 Å². The highest BCUT2D eigenvalue weighted by Crippen LogP contribution is 2.16. The van der Waals surface area contributed by atoms with Crippen molar-refractivity contribution in [3.8, 4) is 0 Å². The average molecular weight is 282 g/mol. The number of hydrogen-bond acceptors (Lipinski definition) is 3. The molecule has 5 heteroatoms. The Morgan fingerprint density at radius 2 is 2.00 bits per heavy atom. The Balaban J connectivity index is 1.80. The van der Waals surface area contributed by atoms with Gasteiger partial charge in [-0.25, -0.2) is 0 Å². The van der Waals surface area contributed by atoms with Gasteiger partial charge < -0.3 is 16.0 Å². The predicted molar refractivity (Wildman–Crippen MR) is 78.5 cm³/mol. The Kier molecular flexibility index (Phi) is 5.05. The van der Waals surface area contributed by atoms with Crippen molar-refractivity contribution in [3.63, 3.8) is 0 Å². The molecular weight excluding hydrogens is 262 g/mol. The minimum atomic E-state index is -0.119. The number of carbonyl (C=O) groups is 1. The topological polar surface area (TPSA) is 58.4 Å². The van der Waals surface area contributed by atoms with E-state index in [4.69, 9.17) is 17.3 Å². The highest BCUT2D eigenvalue weighted by Gasteiger charge is 2.11. The Morgan fingerprint density at radius 3 is 2.68 bits per heavy atom. The van der Waals surface area contributed by atoms with Gasteiger partial charge in [0.2, 0.25) is 0 Å². The van der Waals surface area contributed by atoms with Crippen LogP contribution in [-0.4, -0.2) is 37.0 Å². The molecule has 0 aromatic heterocycles. The lowest BCUT2D eigenvalue weighted by molar-refractivity contribution is 0.0946. The smallest absolute Gasteiger partial charge is 0.251 e. The Hall–Kier alpha value is -1.26. The van der Waals surface area contributed by atoms with Crippen LogP contribution in [0.15, 0.2) is 18.2 Å². The minimum absolute atomic E-state index is 0.119. The predicted octanol–water partition coefficient (Wildman–Crippen LogP) is 2.14. The molecule has 0 saturated carbocycles. The average Bonchev–Trinajstić information content (AvgIpc) is 2.38. The van der Waals surface area contributed by atoms with Crippen molar-refractivity contribution in [2.24, 2.45) is 0 Å². The molecule has 0 unspecified atom stereocenters. The number of piperidine rings is 1. The lowest BCUT2D eigenvalue weighted by atomic mass is 10.1. The van der Waals surface area contributed by atoms with E-state index in [1.807, 2.05) is 0 Å². The molecule has 1 aliphatic heterocycles. The summed E-state index contributed by atoms with van der Waals surface area (Å²) in [5.74, 6) is -0.119. The maximum absolute atomic E-state index is 11.9. The quantitative estimate of drug-likeness (QED) is 0.832. The van der Waals surface area contributed by atoms with Crippen LogP contribution in [0.3, 0.4) is 0 Å². The first-order chi connectivity index (χ1) is 9.15. The number of benzene rings is 1. The van der Waals surface area contributed by atoms with E-state index in [1.54, 1.807) is 18.2 Å². The van der Waals surface area contributed by atoms with Gasteiger partial charge in [-0.3, -0.25) is 4.79 Å². The summed E-state index contributed by atoms with van der Waals surface area (Å²) in [4.78, 5) is 14.3. The van der Waals surface area contributed by atoms with Gasteiger partial charge in [0.25, 0.3) is 5.91 Å². The molecule has 1 fully saturated rings. The lowest BCUT2D eigenvalue weighted by Crippen LogP contribution is -2.37. The molecular formula is C14H20ClN3O. The fourth-order valence-corrected chi connectivity index (χ4v) is 2.60. The number of rotatable bonds is 4. The molecule has 19 heavy (non-hydrogen) atoms. The van der Waals surface area contributed by atoms with Gasteiger partial charge in [-0.05, 0) is 44.1 Å². The van der Waals surface area contributed by atoms with Gasteiger partial charge in [0.1, 0.15) is 0 Å². The van der Waals surface area contributed by atoms with Crippen LogP contribution in [0.25, 0.3) is 0 Å². The van der Waals surface area contributed by atoms with Crippen LogP contribution in [0.5, 0.6) is 0 Å². The molecule has 104 valence electrons. The van der Waals surface area contributed by atoms with Gasteiger partial charge >= 0.3 is 0 Å². The number of hydrogen-bond donors (Lipinski definition) is 2. The lowest BCUT2D eigenvalue weighted by Gasteiger charge is -2.26. The van der Waals surface area contributed by atoms with Crippen molar-refractivity contribution >= 4 is 23.2 Å². The SMILES string of the molecule is Nc1cc(Cl)cc(C(=O)NCCN2CCCCC2)c1. The summed E-state index contributed by atoms with van der Waals surface area (Å²) in [6.07, 6.45) is 3.85. The molecule has 0 atom stereocenters. The zero-order valence-electron chi connectivity index (χ0n) is 11.0. The van der Waals surface area contributed by atoms with Crippen molar-refractivity contribution in [1.82, 2.24) is 10.2 Å². The fourth-order valence-electron chi connectivity index (χ4n) is 2.36. The summed E-state index contributed by atoms with van der Waals surface area (Å²) in [7, 11) is 0. The Morgan fingerprint density at radius 1 is 1.26 bits per heavy atom. The first-order valence-electron chi connectivity index (χ1n) is 6.72. The summed E-state index contributed by atoms with van der Waals surface area (Å²) in [5, 5.41) is 3.39. The molecule has 1 aromatic carbocycles. The van der Waals surface area contributed by atoms with E-state index in [0.29, 0.717) is 22.8 Å². The van der Waals surface area contributed by atoms with Crippen LogP contribution < -0.4 is 11.1 Å². The minimum Gasteiger partial charge on any atom is -0.399 e. The van der Waals surface area contributed by atoms with Crippen molar-refractivity contribution in [1.29, 1.82) is 0 Å². The van der Waals surface area contributed by atoms with Crippen LogP contribution in [0.2, 0.25) is 5.02 Å². The number of likely N-dealkylation sites (tertiary alicyclic amines) is 1. The number of nitrogens with one attached hydrogen (secondary N) is 1.